The molecule has 3 nitrogen and oxygen atoms in total. The van der Waals surface area contributed by atoms with Gasteiger partial charge in [-0.2, -0.15) is 5.26 Å². The van der Waals surface area contributed by atoms with Gasteiger partial charge < -0.3 is 4.74 Å². The Labute approximate surface area is 72.9 Å². The van der Waals surface area contributed by atoms with Crippen LogP contribution in [0, 0.1) is 17.2 Å². The second-order valence-electron chi connectivity index (χ2n) is 3.81. The lowest BCUT2D eigenvalue weighted by Crippen LogP contribution is -2.54. The highest BCUT2D eigenvalue weighted by Crippen LogP contribution is 2.29. The van der Waals surface area contributed by atoms with Crippen molar-refractivity contribution in [2.75, 3.05) is 20.3 Å². The minimum atomic E-state index is 0.264. The molecule has 2 atom stereocenters. The van der Waals surface area contributed by atoms with Crippen LogP contribution >= 0.6 is 0 Å². The van der Waals surface area contributed by atoms with E-state index in [2.05, 4.69) is 18.0 Å². The van der Waals surface area contributed by atoms with Crippen LogP contribution in [0.4, 0.5) is 0 Å². The highest BCUT2D eigenvalue weighted by molar-refractivity contribution is 4.97. The third-order valence-electron chi connectivity index (χ3n) is 3.07. The number of morpholine rings is 1. The zero-order chi connectivity index (χ0) is 8.55. The van der Waals surface area contributed by atoms with Gasteiger partial charge in [0.1, 0.15) is 0 Å². The lowest BCUT2D eigenvalue weighted by molar-refractivity contribution is -0.0682. The van der Waals surface area contributed by atoms with E-state index in [4.69, 9.17) is 10.00 Å². The average Bonchev–Trinajstić information content (AvgIpc) is 2.04. The van der Waals surface area contributed by atoms with Crippen molar-refractivity contribution in [1.82, 2.24) is 4.90 Å². The largest absolute Gasteiger partial charge is 0.378 e. The van der Waals surface area contributed by atoms with Gasteiger partial charge in [-0.15, -0.1) is 0 Å². The zero-order valence-corrected chi connectivity index (χ0v) is 7.36. The molecular weight excluding hydrogens is 152 g/mol. The highest BCUT2D eigenvalue weighted by atomic mass is 16.5. The molecule has 0 amide bonds. The van der Waals surface area contributed by atoms with Crippen LogP contribution in [0.5, 0.6) is 0 Å². The summed E-state index contributed by atoms with van der Waals surface area (Å²) in [4.78, 5) is 2.37. The van der Waals surface area contributed by atoms with Crippen LogP contribution in [-0.2, 0) is 4.74 Å². The molecule has 0 spiro atoms. The van der Waals surface area contributed by atoms with Gasteiger partial charge in [0.05, 0.1) is 19.3 Å². The third-order valence-corrected chi connectivity index (χ3v) is 3.07. The van der Waals surface area contributed by atoms with Gasteiger partial charge in [-0.25, -0.2) is 0 Å². The number of hydrogen-bond donors (Lipinski definition) is 0. The molecule has 0 aromatic heterocycles. The van der Waals surface area contributed by atoms with E-state index in [0.29, 0.717) is 12.1 Å². The molecule has 0 N–H and O–H groups in total. The first-order valence-corrected chi connectivity index (χ1v) is 4.50. The van der Waals surface area contributed by atoms with Crippen molar-refractivity contribution in [2.24, 2.45) is 5.92 Å². The molecule has 12 heavy (non-hydrogen) atoms. The van der Waals surface area contributed by atoms with E-state index in [0.717, 1.165) is 26.1 Å². The second kappa shape index (κ2) is 3.04. The fourth-order valence-corrected chi connectivity index (χ4v) is 2.20. The van der Waals surface area contributed by atoms with Gasteiger partial charge in [-0.3, -0.25) is 4.90 Å². The summed E-state index contributed by atoms with van der Waals surface area (Å²) < 4.78 is 5.45. The van der Waals surface area contributed by atoms with E-state index in [1.165, 1.54) is 0 Å². The molecule has 2 fully saturated rings. The summed E-state index contributed by atoms with van der Waals surface area (Å²) in [5, 5.41) is 8.82. The number of rotatable bonds is 0. The quantitative estimate of drug-likeness (QED) is 0.529. The number of nitrogens with zero attached hydrogens (tertiary/aromatic N) is 2. The van der Waals surface area contributed by atoms with Crippen LogP contribution in [0.25, 0.3) is 0 Å². The molecule has 0 aromatic carbocycles. The van der Waals surface area contributed by atoms with E-state index in [-0.39, 0.29) is 5.92 Å². The molecule has 0 radical (unpaired) electrons. The number of likely N-dealkylation sites (N-methyl/N-ethyl adjacent to an activating group) is 1. The van der Waals surface area contributed by atoms with Crippen LogP contribution in [0.15, 0.2) is 0 Å². The van der Waals surface area contributed by atoms with Gasteiger partial charge in [0.2, 0.25) is 0 Å². The first kappa shape index (κ1) is 8.03. The molecule has 2 bridgehead atoms. The molecule has 66 valence electrons. The monoisotopic (exact) mass is 166 g/mol. The van der Waals surface area contributed by atoms with Crippen LogP contribution in [0.3, 0.4) is 0 Å². The lowest BCUT2D eigenvalue weighted by Gasteiger charge is -2.45. The fraction of sp³-hybridized carbons (Fsp3) is 0.889. The smallest absolute Gasteiger partial charge is 0.0657 e. The molecule has 2 heterocycles. The summed E-state index contributed by atoms with van der Waals surface area (Å²) in [6.45, 7) is 1.62. The maximum atomic E-state index is 8.82. The van der Waals surface area contributed by atoms with E-state index >= 15 is 0 Å². The Kier molecular flexibility index (Phi) is 2.03. The van der Waals surface area contributed by atoms with Crippen molar-refractivity contribution in [1.29, 1.82) is 5.26 Å². The molecule has 2 rings (SSSR count). The minimum Gasteiger partial charge on any atom is -0.378 e. The summed E-state index contributed by atoms with van der Waals surface area (Å²) >= 11 is 0. The Hall–Kier alpha value is -0.590. The zero-order valence-electron chi connectivity index (χ0n) is 7.36. The molecule has 2 aliphatic heterocycles. The van der Waals surface area contributed by atoms with Crippen LogP contribution < -0.4 is 0 Å². The Morgan fingerprint density at radius 2 is 1.92 bits per heavy atom. The minimum absolute atomic E-state index is 0.264. The van der Waals surface area contributed by atoms with Crippen molar-refractivity contribution >= 4 is 0 Å². The Bertz CT molecular complexity index is 197. The van der Waals surface area contributed by atoms with Crippen molar-refractivity contribution in [2.45, 2.75) is 24.9 Å². The summed E-state index contributed by atoms with van der Waals surface area (Å²) in [5.41, 5.74) is 0. The molecule has 0 aromatic rings. The van der Waals surface area contributed by atoms with Crippen molar-refractivity contribution in [3.63, 3.8) is 0 Å². The van der Waals surface area contributed by atoms with Crippen LogP contribution in [0.2, 0.25) is 0 Å². The number of fused-ring (bicyclic) bond motifs is 2. The van der Waals surface area contributed by atoms with E-state index < -0.39 is 0 Å². The Morgan fingerprint density at radius 3 is 2.42 bits per heavy atom. The SMILES string of the molecule is CN1C2COCC1CC(C#N)C2. The molecule has 0 aliphatic carbocycles. The maximum absolute atomic E-state index is 8.82. The van der Waals surface area contributed by atoms with Crippen molar-refractivity contribution in [3.05, 3.63) is 0 Å². The highest BCUT2D eigenvalue weighted by Gasteiger charge is 2.36. The van der Waals surface area contributed by atoms with Gasteiger partial charge in [-0.1, -0.05) is 0 Å². The summed E-state index contributed by atoms with van der Waals surface area (Å²) in [5.74, 6) is 0.264. The fourth-order valence-electron chi connectivity index (χ4n) is 2.20. The predicted molar refractivity (Wildman–Crippen MR) is 44.5 cm³/mol. The van der Waals surface area contributed by atoms with Gasteiger partial charge in [-0.05, 0) is 19.9 Å². The standard InChI is InChI=1S/C9H14N2O/c1-11-8-2-7(4-10)3-9(11)6-12-5-8/h7-9H,2-3,5-6H2,1H3. The number of piperidine rings is 1. The topological polar surface area (TPSA) is 36.3 Å². The van der Waals surface area contributed by atoms with Crippen LogP contribution in [0.1, 0.15) is 12.8 Å². The lowest BCUT2D eigenvalue weighted by atomic mass is 9.86. The average molecular weight is 166 g/mol. The molecule has 2 unspecified atom stereocenters. The predicted octanol–water partition coefficient (Wildman–Crippen LogP) is 0.619. The Morgan fingerprint density at radius 1 is 1.33 bits per heavy atom. The van der Waals surface area contributed by atoms with Gasteiger partial charge in [0.15, 0.2) is 0 Å². The van der Waals surface area contributed by atoms with Gasteiger partial charge in [0.25, 0.3) is 0 Å². The number of ether oxygens (including phenoxy) is 1. The molecule has 2 aliphatic rings. The van der Waals surface area contributed by atoms with Crippen molar-refractivity contribution < 1.29 is 4.74 Å². The summed E-state index contributed by atoms with van der Waals surface area (Å²) in [6, 6.07) is 3.35. The normalized spacial score (nSPS) is 42.2. The third kappa shape index (κ3) is 1.21. The second-order valence-corrected chi connectivity index (χ2v) is 3.81. The van der Waals surface area contributed by atoms with E-state index in [9.17, 15) is 0 Å². The molecular formula is C9H14N2O. The van der Waals surface area contributed by atoms with Crippen LogP contribution in [-0.4, -0.2) is 37.2 Å². The van der Waals surface area contributed by atoms with Gasteiger partial charge >= 0.3 is 0 Å². The van der Waals surface area contributed by atoms with E-state index in [1.807, 2.05) is 0 Å². The Balaban J connectivity index is 2.08. The first-order chi connectivity index (χ1) is 5.81. The van der Waals surface area contributed by atoms with Gasteiger partial charge in [0, 0.05) is 18.0 Å². The molecule has 3 heteroatoms. The number of nitriles is 1. The summed E-state index contributed by atoms with van der Waals surface area (Å²) in [7, 11) is 2.14. The van der Waals surface area contributed by atoms with E-state index in [1.54, 1.807) is 0 Å². The number of hydrogen-bond acceptors (Lipinski definition) is 3. The maximum Gasteiger partial charge on any atom is 0.0657 e. The molecule has 0 saturated carbocycles. The molecule has 2 saturated heterocycles. The van der Waals surface area contributed by atoms with Crippen molar-refractivity contribution in [3.8, 4) is 6.07 Å². The summed E-state index contributed by atoms with van der Waals surface area (Å²) in [6.07, 6.45) is 1.98. The first-order valence-electron chi connectivity index (χ1n) is 4.50.